The second-order valence-corrected chi connectivity index (χ2v) is 5.47. The lowest BCUT2D eigenvalue weighted by atomic mass is 10.1. The Labute approximate surface area is 129 Å². The van der Waals surface area contributed by atoms with Gasteiger partial charge in [-0.15, -0.1) is 10.2 Å². The molecule has 1 aromatic heterocycles. The Morgan fingerprint density at radius 2 is 2.13 bits per heavy atom. The summed E-state index contributed by atoms with van der Waals surface area (Å²) in [6.07, 6.45) is -2.53. The van der Waals surface area contributed by atoms with Gasteiger partial charge >= 0.3 is 6.18 Å². The summed E-state index contributed by atoms with van der Waals surface area (Å²) >= 11 is 0. The van der Waals surface area contributed by atoms with Crippen LogP contribution in [-0.2, 0) is 11.0 Å². The molecule has 0 radical (unpaired) electrons. The fraction of sp³-hybridized carbons (Fsp3) is 0.429. The zero-order valence-electron chi connectivity index (χ0n) is 12.2. The smallest absolute Gasteiger partial charge is 0.351 e. The first-order valence-electron chi connectivity index (χ1n) is 7.12. The molecule has 23 heavy (non-hydrogen) atoms. The number of halogens is 3. The standard InChI is InChI=1S/C14H14F3N5O/c1-8(13(23)18-11-5-6-11)22-20-12(19-21-22)9-3-2-4-10(7-9)14(15,16)17/h2-4,7-8,11H,5-6H2,1H3,(H,18,23). The van der Waals surface area contributed by atoms with Gasteiger partial charge in [0.2, 0.25) is 11.7 Å². The number of alkyl halides is 3. The van der Waals surface area contributed by atoms with E-state index in [9.17, 15) is 18.0 Å². The maximum Gasteiger partial charge on any atom is 0.416 e. The zero-order chi connectivity index (χ0) is 16.6. The number of benzene rings is 1. The van der Waals surface area contributed by atoms with Crippen molar-refractivity contribution in [3.05, 3.63) is 29.8 Å². The van der Waals surface area contributed by atoms with Crippen molar-refractivity contribution in [1.29, 1.82) is 0 Å². The first-order chi connectivity index (χ1) is 10.8. The molecule has 1 atom stereocenters. The van der Waals surface area contributed by atoms with Crippen LogP contribution in [0.1, 0.15) is 31.4 Å². The van der Waals surface area contributed by atoms with E-state index in [4.69, 9.17) is 0 Å². The molecule has 1 heterocycles. The molecule has 1 amide bonds. The highest BCUT2D eigenvalue weighted by molar-refractivity contribution is 5.80. The van der Waals surface area contributed by atoms with Gasteiger partial charge in [-0.1, -0.05) is 12.1 Å². The molecule has 0 bridgehead atoms. The topological polar surface area (TPSA) is 72.7 Å². The van der Waals surface area contributed by atoms with Crippen LogP contribution < -0.4 is 5.32 Å². The molecule has 1 saturated carbocycles. The zero-order valence-corrected chi connectivity index (χ0v) is 12.2. The molecule has 1 aromatic carbocycles. The van der Waals surface area contributed by atoms with Gasteiger partial charge in [-0.2, -0.15) is 18.0 Å². The number of amides is 1. The van der Waals surface area contributed by atoms with E-state index in [1.54, 1.807) is 6.92 Å². The number of hydrogen-bond donors (Lipinski definition) is 1. The summed E-state index contributed by atoms with van der Waals surface area (Å²) in [6, 6.07) is 4.20. The maximum atomic E-state index is 12.7. The summed E-state index contributed by atoms with van der Waals surface area (Å²) in [5.41, 5.74) is -0.591. The Bertz CT molecular complexity index is 723. The lowest BCUT2D eigenvalue weighted by molar-refractivity contribution is -0.137. The van der Waals surface area contributed by atoms with Crippen molar-refractivity contribution in [3.8, 4) is 11.4 Å². The van der Waals surface area contributed by atoms with E-state index in [-0.39, 0.29) is 23.3 Å². The lowest BCUT2D eigenvalue weighted by Crippen LogP contribution is -2.33. The second kappa shape index (κ2) is 5.64. The minimum atomic E-state index is -4.44. The molecule has 0 aliphatic heterocycles. The van der Waals surface area contributed by atoms with Gasteiger partial charge in [0.05, 0.1) is 5.56 Å². The van der Waals surface area contributed by atoms with E-state index in [2.05, 4.69) is 20.7 Å². The molecule has 0 saturated heterocycles. The van der Waals surface area contributed by atoms with Crippen molar-refractivity contribution in [1.82, 2.24) is 25.5 Å². The molecule has 1 aliphatic rings. The molecule has 122 valence electrons. The lowest BCUT2D eigenvalue weighted by Gasteiger charge is -2.09. The average molecular weight is 325 g/mol. The number of nitrogens with one attached hydrogen (secondary N) is 1. The van der Waals surface area contributed by atoms with Crippen molar-refractivity contribution in [2.45, 2.75) is 38.0 Å². The van der Waals surface area contributed by atoms with Crippen LogP contribution in [0.5, 0.6) is 0 Å². The fourth-order valence-corrected chi connectivity index (χ4v) is 1.99. The van der Waals surface area contributed by atoms with Crippen molar-refractivity contribution in [2.75, 3.05) is 0 Å². The van der Waals surface area contributed by atoms with Crippen LogP contribution in [0.25, 0.3) is 11.4 Å². The van der Waals surface area contributed by atoms with Gasteiger partial charge in [0.25, 0.3) is 0 Å². The third-order valence-electron chi connectivity index (χ3n) is 3.53. The quantitative estimate of drug-likeness (QED) is 0.935. The molecule has 1 N–H and O–H groups in total. The monoisotopic (exact) mass is 325 g/mol. The number of tetrazole rings is 1. The van der Waals surface area contributed by atoms with Crippen molar-refractivity contribution in [3.63, 3.8) is 0 Å². The van der Waals surface area contributed by atoms with Crippen LogP contribution in [0.4, 0.5) is 13.2 Å². The SMILES string of the molecule is CC(C(=O)NC1CC1)n1nnc(-c2cccc(C(F)(F)F)c2)n1. The van der Waals surface area contributed by atoms with Crippen LogP contribution in [0.15, 0.2) is 24.3 Å². The summed E-state index contributed by atoms with van der Waals surface area (Å²) < 4.78 is 38.2. The Morgan fingerprint density at radius 1 is 1.39 bits per heavy atom. The van der Waals surface area contributed by atoms with Gasteiger partial charge in [-0.25, -0.2) is 0 Å². The van der Waals surface area contributed by atoms with Gasteiger partial charge in [-0.3, -0.25) is 4.79 Å². The van der Waals surface area contributed by atoms with Gasteiger partial charge in [0, 0.05) is 11.6 Å². The average Bonchev–Trinajstić information content (AvgIpc) is 3.18. The van der Waals surface area contributed by atoms with Crippen molar-refractivity contribution >= 4 is 5.91 Å². The molecular weight excluding hydrogens is 311 g/mol. The summed E-state index contributed by atoms with van der Waals surface area (Å²) in [5.74, 6) is -0.192. The third kappa shape index (κ3) is 3.49. The second-order valence-electron chi connectivity index (χ2n) is 5.47. The summed E-state index contributed by atoms with van der Waals surface area (Å²) in [5, 5.41) is 14.3. The van der Waals surface area contributed by atoms with Crippen molar-refractivity contribution < 1.29 is 18.0 Å². The van der Waals surface area contributed by atoms with Crippen LogP contribution in [0.3, 0.4) is 0 Å². The van der Waals surface area contributed by atoms with Crippen LogP contribution >= 0.6 is 0 Å². The predicted molar refractivity (Wildman–Crippen MR) is 74.1 cm³/mol. The summed E-state index contributed by atoms with van der Waals surface area (Å²) in [6.45, 7) is 1.61. The van der Waals surface area contributed by atoms with Gasteiger partial charge in [0.15, 0.2) is 0 Å². The predicted octanol–water partition coefficient (Wildman–Crippen LogP) is 2.20. The van der Waals surface area contributed by atoms with E-state index < -0.39 is 17.8 Å². The van der Waals surface area contributed by atoms with Crippen LogP contribution in [0, 0.1) is 0 Å². The van der Waals surface area contributed by atoms with E-state index in [0.29, 0.717) is 0 Å². The van der Waals surface area contributed by atoms with Crippen LogP contribution in [-0.4, -0.2) is 32.2 Å². The number of nitrogens with zero attached hydrogens (tertiary/aromatic N) is 4. The third-order valence-corrected chi connectivity index (χ3v) is 3.53. The number of aromatic nitrogens is 4. The highest BCUT2D eigenvalue weighted by Crippen LogP contribution is 2.31. The molecular formula is C14H14F3N5O. The molecule has 1 aliphatic carbocycles. The molecule has 1 unspecified atom stereocenters. The minimum absolute atomic E-state index is 0.0437. The molecule has 0 spiro atoms. The number of carbonyl (C=O) groups is 1. The number of carbonyl (C=O) groups excluding carboxylic acids is 1. The molecule has 3 rings (SSSR count). The first-order valence-corrected chi connectivity index (χ1v) is 7.12. The van der Waals surface area contributed by atoms with Crippen LogP contribution in [0.2, 0.25) is 0 Å². The van der Waals surface area contributed by atoms with E-state index in [1.807, 2.05) is 0 Å². The largest absolute Gasteiger partial charge is 0.416 e. The minimum Gasteiger partial charge on any atom is -0.351 e. The highest BCUT2D eigenvalue weighted by atomic mass is 19.4. The fourth-order valence-electron chi connectivity index (χ4n) is 1.99. The number of rotatable bonds is 4. The van der Waals surface area contributed by atoms with E-state index in [1.165, 1.54) is 12.1 Å². The Kier molecular flexibility index (Phi) is 3.78. The molecule has 1 fully saturated rings. The number of hydrogen-bond acceptors (Lipinski definition) is 4. The van der Waals surface area contributed by atoms with Gasteiger partial charge < -0.3 is 5.32 Å². The van der Waals surface area contributed by atoms with Crippen molar-refractivity contribution in [2.24, 2.45) is 0 Å². The van der Waals surface area contributed by atoms with Gasteiger partial charge in [0.1, 0.15) is 6.04 Å². The van der Waals surface area contributed by atoms with E-state index in [0.717, 1.165) is 29.8 Å². The maximum absolute atomic E-state index is 12.7. The Morgan fingerprint density at radius 3 is 2.78 bits per heavy atom. The van der Waals surface area contributed by atoms with Gasteiger partial charge in [-0.05, 0) is 37.1 Å². The highest BCUT2D eigenvalue weighted by Gasteiger charge is 2.31. The normalized spacial score (nSPS) is 16.2. The first kappa shape index (κ1) is 15.4. The summed E-state index contributed by atoms with van der Waals surface area (Å²) in [7, 11) is 0. The Hall–Kier alpha value is -2.45. The summed E-state index contributed by atoms with van der Waals surface area (Å²) in [4.78, 5) is 13.0. The van der Waals surface area contributed by atoms with E-state index >= 15 is 0 Å². The molecule has 6 nitrogen and oxygen atoms in total. The molecule has 2 aromatic rings. The Balaban J connectivity index is 1.80. The molecule has 9 heteroatoms.